The van der Waals surface area contributed by atoms with Crippen molar-refractivity contribution in [2.75, 3.05) is 11.5 Å². The van der Waals surface area contributed by atoms with E-state index in [1.807, 2.05) is 28.5 Å². The zero-order valence-corrected chi connectivity index (χ0v) is 12.9. The number of aromatic nitrogens is 1. The number of hydrogen-bond donors (Lipinski definition) is 1. The van der Waals surface area contributed by atoms with Crippen molar-refractivity contribution in [2.24, 2.45) is 10.2 Å². The van der Waals surface area contributed by atoms with Crippen LogP contribution >= 0.6 is 11.8 Å². The average molecular weight is 303 g/mol. The second-order valence-electron chi connectivity index (χ2n) is 5.16. The highest BCUT2D eigenvalue weighted by atomic mass is 32.2. The van der Waals surface area contributed by atoms with Crippen LogP contribution in [-0.2, 0) is 11.2 Å². The zero-order chi connectivity index (χ0) is 15.0. The number of aromatic hydroxyl groups is 1. The van der Waals surface area contributed by atoms with E-state index < -0.39 is 0 Å². The summed E-state index contributed by atoms with van der Waals surface area (Å²) in [6, 6.07) is 6.39. The van der Waals surface area contributed by atoms with Crippen molar-refractivity contribution in [3.8, 4) is 5.88 Å². The first-order chi connectivity index (χ1) is 10.1. The molecule has 0 unspecified atom stereocenters. The molecule has 5 nitrogen and oxygen atoms in total. The molecular formula is C15H17N3O2S. The quantitative estimate of drug-likeness (QED) is 0.876. The van der Waals surface area contributed by atoms with Gasteiger partial charge in [0.2, 0.25) is 5.88 Å². The molecular weight excluding hydrogens is 286 g/mol. The highest BCUT2D eigenvalue weighted by Gasteiger charge is 2.27. The molecule has 0 bridgehead atoms. The summed E-state index contributed by atoms with van der Waals surface area (Å²) in [7, 11) is 0. The van der Waals surface area contributed by atoms with E-state index in [9.17, 15) is 9.90 Å². The Hall–Kier alpha value is -1.82. The van der Waals surface area contributed by atoms with Gasteiger partial charge in [-0.15, -0.1) is 10.2 Å². The SMILES string of the molecule is CCc1ccc2c(c1)c(N=NC(C)=O)c(O)n2C1CSC1. The minimum atomic E-state index is -0.374. The number of carbonyl (C=O) groups excluding carboxylic acids is 1. The van der Waals surface area contributed by atoms with E-state index in [0.29, 0.717) is 5.69 Å². The van der Waals surface area contributed by atoms with E-state index in [1.165, 1.54) is 12.5 Å². The van der Waals surface area contributed by atoms with Gasteiger partial charge in [0.05, 0.1) is 11.6 Å². The molecule has 1 aliphatic rings. The predicted octanol–water partition coefficient (Wildman–Crippen LogP) is 3.83. The topological polar surface area (TPSA) is 66.9 Å². The van der Waals surface area contributed by atoms with Crippen molar-refractivity contribution in [1.82, 2.24) is 4.57 Å². The molecule has 3 rings (SSSR count). The van der Waals surface area contributed by atoms with Gasteiger partial charge in [-0.05, 0) is 24.1 Å². The molecule has 0 atom stereocenters. The Morgan fingerprint density at radius 2 is 2.24 bits per heavy atom. The molecule has 1 fully saturated rings. The van der Waals surface area contributed by atoms with Gasteiger partial charge in [-0.2, -0.15) is 11.8 Å². The minimum absolute atomic E-state index is 0.105. The molecule has 0 radical (unpaired) electrons. The molecule has 0 spiro atoms. The van der Waals surface area contributed by atoms with Crippen LogP contribution in [0.4, 0.5) is 5.69 Å². The summed E-state index contributed by atoms with van der Waals surface area (Å²) < 4.78 is 1.92. The van der Waals surface area contributed by atoms with Crippen LogP contribution in [0.25, 0.3) is 10.9 Å². The normalized spacial score (nSPS) is 15.7. The average Bonchev–Trinajstić information content (AvgIpc) is 2.67. The number of benzene rings is 1. The lowest BCUT2D eigenvalue weighted by Gasteiger charge is -2.27. The van der Waals surface area contributed by atoms with Gasteiger partial charge in [-0.25, -0.2) is 0 Å². The molecule has 1 N–H and O–H groups in total. The Bertz CT molecular complexity index is 732. The number of thioether (sulfide) groups is 1. The molecule has 1 aliphatic heterocycles. The highest BCUT2D eigenvalue weighted by Crippen LogP contribution is 2.44. The molecule has 2 aromatic rings. The number of amides is 1. The maximum Gasteiger partial charge on any atom is 0.261 e. The summed E-state index contributed by atoms with van der Waals surface area (Å²) in [4.78, 5) is 11.0. The summed E-state index contributed by atoms with van der Waals surface area (Å²) in [5.41, 5.74) is 2.52. The molecule has 1 saturated heterocycles. The fraction of sp³-hybridized carbons (Fsp3) is 0.400. The van der Waals surface area contributed by atoms with E-state index in [0.717, 1.165) is 28.8 Å². The summed E-state index contributed by atoms with van der Waals surface area (Å²) in [6.45, 7) is 3.43. The van der Waals surface area contributed by atoms with Crippen molar-refractivity contribution in [3.05, 3.63) is 23.8 Å². The van der Waals surface area contributed by atoms with Gasteiger partial charge < -0.3 is 9.67 Å². The summed E-state index contributed by atoms with van der Waals surface area (Å²) in [6.07, 6.45) is 0.907. The monoisotopic (exact) mass is 303 g/mol. The van der Waals surface area contributed by atoms with E-state index >= 15 is 0 Å². The number of nitrogens with zero attached hydrogens (tertiary/aromatic N) is 3. The first kappa shape index (κ1) is 14.1. The second kappa shape index (κ2) is 5.52. The van der Waals surface area contributed by atoms with Crippen molar-refractivity contribution in [2.45, 2.75) is 26.3 Å². The van der Waals surface area contributed by atoms with E-state index in [2.05, 4.69) is 23.2 Å². The zero-order valence-electron chi connectivity index (χ0n) is 12.0. The van der Waals surface area contributed by atoms with Gasteiger partial charge in [0.25, 0.3) is 5.91 Å². The Morgan fingerprint density at radius 3 is 2.81 bits per heavy atom. The largest absolute Gasteiger partial charge is 0.493 e. The molecule has 21 heavy (non-hydrogen) atoms. The lowest BCUT2D eigenvalue weighted by Crippen LogP contribution is -2.22. The molecule has 0 saturated carbocycles. The fourth-order valence-corrected chi connectivity index (χ4v) is 3.26. The van der Waals surface area contributed by atoms with Crippen molar-refractivity contribution in [3.63, 3.8) is 0 Å². The van der Waals surface area contributed by atoms with Gasteiger partial charge in [0, 0.05) is 23.8 Å². The molecule has 6 heteroatoms. The number of carbonyl (C=O) groups is 1. The maximum absolute atomic E-state index is 11.0. The fourth-order valence-electron chi connectivity index (χ4n) is 2.51. The number of aryl methyl sites for hydroxylation is 1. The standard InChI is InChI=1S/C15H17N3O2S/c1-3-10-4-5-13-12(6-10)14(17-16-9(2)19)15(20)18(13)11-7-21-8-11/h4-6,11,20H,3,7-8H2,1-2H3. The lowest BCUT2D eigenvalue weighted by molar-refractivity contribution is -0.116. The van der Waals surface area contributed by atoms with Crippen LogP contribution in [0.5, 0.6) is 5.88 Å². The Kier molecular flexibility index (Phi) is 3.71. The number of fused-ring (bicyclic) bond motifs is 1. The summed E-state index contributed by atoms with van der Waals surface area (Å²) in [5, 5.41) is 18.9. The van der Waals surface area contributed by atoms with Crippen molar-refractivity contribution < 1.29 is 9.90 Å². The lowest BCUT2D eigenvalue weighted by atomic mass is 10.1. The highest BCUT2D eigenvalue weighted by molar-refractivity contribution is 8.00. The van der Waals surface area contributed by atoms with Gasteiger partial charge >= 0.3 is 0 Å². The molecule has 110 valence electrons. The maximum atomic E-state index is 11.0. The number of azo groups is 1. The first-order valence-electron chi connectivity index (χ1n) is 6.97. The molecule has 1 aromatic carbocycles. The molecule has 1 amide bonds. The molecule has 2 heterocycles. The van der Waals surface area contributed by atoms with Crippen LogP contribution < -0.4 is 0 Å². The van der Waals surface area contributed by atoms with E-state index in [-0.39, 0.29) is 17.8 Å². The van der Waals surface area contributed by atoms with Crippen LogP contribution in [0.15, 0.2) is 28.4 Å². The van der Waals surface area contributed by atoms with Crippen molar-refractivity contribution >= 4 is 34.3 Å². The summed E-state index contributed by atoms with van der Waals surface area (Å²) >= 11 is 1.85. The Balaban J connectivity index is 2.22. The summed E-state index contributed by atoms with van der Waals surface area (Å²) in [5.74, 6) is 1.70. The second-order valence-corrected chi connectivity index (χ2v) is 6.23. The van der Waals surface area contributed by atoms with E-state index in [1.54, 1.807) is 0 Å². The third-order valence-corrected chi connectivity index (χ3v) is 4.94. The predicted molar refractivity (Wildman–Crippen MR) is 84.5 cm³/mol. The van der Waals surface area contributed by atoms with Gasteiger partial charge in [0.1, 0.15) is 0 Å². The van der Waals surface area contributed by atoms with Crippen LogP contribution in [0.1, 0.15) is 25.5 Å². The van der Waals surface area contributed by atoms with E-state index in [4.69, 9.17) is 0 Å². The van der Waals surface area contributed by atoms with Crippen LogP contribution in [0.2, 0.25) is 0 Å². The van der Waals surface area contributed by atoms with Crippen molar-refractivity contribution in [1.29, 1.82) is 0 Å². The first-order valence-corrected chi connectivity index (χ1v) is 8.13. The third kappa shape index (κ3) is 2.44. The van der Waals surface area contributed by atoms with Gasteiger partial charge in [-0.1, -0.05) is 13.0 Å². The van der Waals surface area contributed by atoms with Crippen LogP contribution in [0, 0.1) is 0 Å². The molecule has 1 aromatic heterocycles. The number of hydrogen-bond acceptors (Lipinski definition) is 4. The molecule has 0 aliphatic carbocycles. The Morgan fingerprint density at radius 1 is 1.48 bits per heavy atom. The Labute approximate surface area is 127 Å². The van der Waals surface area contributed by atoms with Crippen LogP contribution in [0.3, 0.4) is 0 Å². The smallest absolute Gasteiger partial charge is 0.261 e. The van der Waals surface area contributed by atoms with Crippen LogP contribution in [-0.4, -0.2) is 27.1 Å². The minimum Gasteiger partial charge on any atom is -0.493 e. The van der Waals surface area contributed by atoms with Gasteiger partial charge in [-0.3, -0.25) is 4.79 Å². The third-order valence-electron chi connectivity index (χ3n) is 3.70. The van der Waals surface area contributed by atoms with Gasteiger partial charge in [0.15, 0.2) is 5.69 Å². The number of rotatable bonds is 3.